The van der Waals surface area contributed by atoms with E-state index in [0.29, 0.717) is 12.3 Å². The highest BCUT2D eigenvalue weighted by atomic mass is 16.5. The van der Waals surface area contributed by atoms with E-state index in [9.17, 15) is 0 Å². The van der Waals surface area contributed by atoms with Crippen molar-refractivity contribution in [3.05, 3.63) is 66.2 Å². The van der Waals surface area contributed by atoms with Crippen LogP contribution in [-0.2, 0) is 6.42 Å². The van der Waals surface area contributed by atoms with Gasteiger partial charge in [0.15, 0.2) is 6.19 Å². The first-order chi connectivity index (χ1) is 9.88. The summed E-state index contributed by atoms with van der Waals surface area (Å²) in [5.74, 6) is 0.647. The fraction of sp³-hybridized carbons (Fsp3) is 0.125. The number of nitrogens with one attached hydrogen (secondary N) is 1. The van der Waals surface area contributed by atoms with Gasteiger partial charge in [-0.3, -0.25) is 0 Å². The monoisotopic (exact) mass is 265 g/mol. The molecule has 0 spiro atoms. The largest absolute Gasteiger partial charge is 0.425 e. The molecule has 0 aromatic heterocycles. The quantitative estimate of drug-likeness (QED) is 0.400. The van der Waals surface area contributed by atoms with Crippen molar-refractivity contribution in [2.45, 2.75) is 6.42 Å². The minimum atomic E-state index is 0.217. The van der Waals surface area contributed by atoms with Gasteiger partial charge >= 0.3 is 6.02 Å². The summed E-state index contributed by atoms with van der Waals surface area (Å²) in [6.45, 7) is 0.556. The van der Waals surface area contributed by atoms with Crippen LogP contribution in [0.25, 0.3) is 0 Å². The summed E-state index contributed by atoms with van der Waals surface area (Å²) in [4.78, 5) is 4.26. The van der Waals surface area contributed by atoms with Crippen LogP contribution < -0.4 is 10.1 Å². The molecule has 4 nitrogen and oxygen atoms in total. The maximum absolute atomic E-state index is 8.71. The fourth-order valence-electron chi connectivity index (χ4n) is 1.68. The third-order valence-electron chi connectivity index (χ3n) is 2.62. The predicted molar refractivity (Wildman–Crippen MR) is 78.3 cm³/mol. The third-order valence-corrected chi connectivity index (χ3v) is 2.62. The van der Waals surface area contributed by atoms with E-state index in [2.05, 4.69) is 10.3 Å². The number of rotatable bonds is 4. The Morgan fingerprint density at radius 1 is 1.05 bits per heavy atom. The molecule has 0 fully saturated rings. The maximum Gasteiger partial charge on any atom is 0.303 e. The maximum atomic E-state index is 8.71. The molecule has 2 aromatic carbocycles. The van der Waals surface area contributed by atoms with Crippen LogP contribution in [0.15, 0.2) is 65.7 Å². The molecule has 0 aliphatic rings. The lowest BCUT2D eigenvalue weighted by Gasteiger charge is -2.06. The molecule has 0 amide bonds. The first kappa shape index (κ1) is 13.6. The van der Waals surface area contributed by atoms with Gasteiger partial charge in [0.05, 0.1) is 0 Å². The van der Waals surface area contributed by atoms with Gasteiger partial charge < -0.3 is 4.74 Å². The average molecular weight is 265 g/mol. The van der Waals surface area contributed by atoms with Crippen molar-refractivity contribution in [1.29, 1.82) is 5.26 Å². The lowest BCUT2D eigenvalue weighted by molar-refractivity contribution is 0.526. The molecule has 100 valence electrons. The zero-order valence-electron chi connectivity index (χ0n) is 11.0. The average Bonchev–Trinajstić information content (AvgIpc) is 2.49. The Hall–Kier alpha value is -2.80. The van der Waals surface area contributed by atoms with E-state index in [1.807, 2.05) is 66.9 Å². The van der Waals surface area contributed by atoms with Gasteiger partial charge in [-0.05, 0) is 24.1 Å². The first-order valence-corrected chi connectivity index (χ1v) is 6.35. The number of nitrogens with zero attached hydrogens (tertiary/aromatic N) is 2. The lowest BCUT2D eigenvalue weighted by atomic mass is 10.2. The van der Waals surface area contributed by atoms with E-state index < -0.39 is 0 Å². The Morgan fingerprint density at radius 2 is 1.70 bits per heavy atom. The number of para-hydroxylation sites is 1. The second kappa shape index (κ2) is 7.59. The second-order valence-corrected chi connectivity index (χ2v) is 4.07. The van der Waals surface area contributed by atoms with Crippen LogP contribution >= 0.6 is 0 Å². The van der Waals surface area contributed by atoms with Gasteiger partial charge in [0.2, 0.25) is 0 Å². The predicted octanol–water partition coefficient (Wildman–Crippen LogP) is 2.73. The van der Waals surface area contributed by atoms with Gasteiger partial charge in [0, 0.05) is 6.54 Å². The number of aliphatic imine (C=N–C) groups is 1. The topological polar surface area (TPSA) is 57.4 Å². The molecule has 0 atom stereocenters. The van der Waals surface area contributed by atoms with Gasteiger partial charge in [-0.1, -0.05) is 48.5 Å². The van der Waals surface area contributed by atoms with E-state index in [4.69, 9.17) is 10.00 Å². The molecule has 0 heterocycles. The normalized spacial score (nSPS) is 10.7. The summed E-state index contributed by atoms with van der Waals surface area (Å²) < 4.78 is 5.51. The summed E-state index contributed by atoms with van der Waals surface area (Å²) >= 11 is 0. The number of ether oxygens (including phenoxy) is 1. The van der Waals surface area contributed by atoms with Crippen LogP contribution in [0, 0.1) is 11.5 Å². The van der Waals surface area contributed by atoms with Gasteiger partial charge in [0.1, 0.15) is 5.75 Å². The summed E-state index contributed by atoms with van der Waals surface area (Å²) in [7, 11) is 0. The van der Waals surface area contributed by atoms with Crippen LogP contribution in [0.4, 0.5) is 0 Å². The summed E-state index contributed by atoms with van der Waals surface area (Å²) in [5.41, 5.74) is 1.20. The molecule has 0 saturated carbocycles. The lowest BCUT2D eigenvalue weighted by Crippen LogP contribution is -2.25. The minimum absolute atomic E-state index is 0.217. The van der Waals surface area contributed by atoms with Gasteiger partial charge in [0.25, 0.3) is 0 Å². The number of nitriles is 1. The Bertz CT molecular complexity index is 588. The minimum Gasteiger partial charge on any atom is -0.425 e. The smallest absolute Gasteiger partial charge is 0.303 e. The molecule has 1 N–H and O–H groups in total. The first-order valence-electron chi connectivity index (χ1n) is 6.35. The number of benzene rings is 2. The van der Waals surface area contributed by atoms with Crippen molar-refractivity contribution in [2.75, 3.05) is 6.54 Å². The van der Waals surface area contributed by atoms with Crippen molar-refractivity contribution in [3.8, 4) is 11.9 Å². The highest BCUT2D eigenvalue weighted by Crippen LogP contribution is 2.08. The molecule has 0 bridgehead atoms. The Labute approximate surface area is 118 Å². The van der Waals surface area contributed by atoms with Crippen LogP contribution in [-0.4, -0.2) is 12.6 Å². The van der Waals surface area contributed by atoms with Crippen LogP contribution in [0.3, 0.4) is 0 Å². The molecule has 2 rings (SSSR count). The number of hydrogen-bond acceptors (Lipinski definition) is 3. The van der Waals surface area contributed by atoms with Crippen LogP contribution in [0.2, 0.25) is 0 Å². The third kappa shape index (κ3) is 4.46. The molecule has 0 saturated heterocycles. The van der Waals surface area contributed by atoms with E-state index >= 15 is 0 Å². The Kier molecular flexibility index (Phi) is 5.17. The second-order valence-electron chi connectivity index (χ2n) is 4.07. The van der Waals surface area contributed by atoms with E-state index in [1.165, 1.54) is 5.56 Å². The number of hydrogen-bond donors (Lipinski definition) is 1. The molecule has 0 unspecified atom stereocenters. The Balaban J connectivity index is 1.94. The van der Waals surface area contributed by atoms with Gasteiger partial charge in [-0.15, -0.1) is 0 Å². The summed E-state index contributed by atoms with van der Waals surface area (Å²) in [5, 5.41) is 11.2. The Morgan fingerprint density at radius 3 is 2.35 bits per heavy atom. The molecule has 20 heavy (non-hydrogen) atoms. The summed E-state index contributed by atoms with van der Waals surface area (Å²) in [6, 6.07) is 19.5. The van der Waals surface area contributed by atoms with Crippen molar-refractivity contribution < 1.29 is 4.74 Å². The number of amidine groups is 1. The molecule has 2 aromatic rings. The highest BCUT2D eigenvalue weighted by molar-refractivity contribution is 5.77. The van der Waals surface area contributed by atoms with Gasteiger partial charge in [-0.2, -0.15) is 5.26 Å². The molecule has 0 radical (unpaired) electrons. The van der Waals surface area contributed by atoms with Crippen molar-refractivity contribution in [1.82, 2.24) is 5.32 Å². The van der Waals surface area contributed by atoms with Crippen molar-refractivity contribution >= 4 is 6.02 Å². The molecular formula is C16H15N3O. The summed E-state index contributed by atoms with van der Waals surface area (Å²) in [6.07, 6.45) is 2.63. The van der Waals surface area contributed by atoms with Gasteiger partial charge in [-0.25, -0.2) is 10.3 Å². The SMILES string of the molecule is N#CNC(=NCCc1ccccc1)Oc1ccccc1. The fourth-order valence-corrected chi connectivity index (χ4v) is 1.68. The molecule has 0 aliphatic carbocycles. The molecule has 4 heteroatoms. The van der Waals surface area contributed by atoms with E-state index in [1.54, 1.807) is 0 Å². The van der Waals surface area contributed by atoms with E-state index in [-0.39, 0.29) is 6.02 Å². The standard InChI is InChI=1S/C16H15N3O/c17-13-19-16(20-15-9-5-2-6-10-15)18-12-11-14-7-3-1-4-8-14/h1-10H,11-12H2,(H,18,19). The highest BCUT2D eigenvalue weighted by Gasteiger charge is 2.01. The van der Waals surface area contributed by atoms with E-state index in [0.717, 1.165) is 6.42 Å². The van der Waals surface area contributed by atoms with Crippen molar-refractivity contribution in [3.63, 3.8) is 0 Å². The van der Waals surface area contributed by atoms with Crippen LogP contribution in [0.1, 0.15) is 5.56 Å². The molecular weight excluding hydrogens is 250 g/mol. The zero-order chi connectivity index (χ0) is 14.0. The zero-order valence-corrected chi connectivity index (χ0v) is 11.0. The molecule has 0 aliphatic heterocycles. The van der Waals surface area contributed by atoms with Crippen molar-refractivity contribution in [2.24, 2.45) is 4.99 Å². The van der Waals surface area contributed by atoms with Crippen LogP contribution in [0.5, 0.6) is 5.75 Å².